The number of benzene rings is 1. The normalized spacial score (nSPS) is 9.69. The third-order valence-corrected chi connectivity index (χ3v) is 2.20. The molecular formula is C12H14O. The van der Waals surface area contributed by atoms with Gasteiger partial charge in [0.1, 0.15) is 6.29 Å². The number of aldehydes is 1. The van der Waals surface area contributed by atoms with E-state index in [0.29, 0.717) is 0 Å². The Morgan fingerprint density at radius 3 is 2.23 bits per heavy atom. The zero-order valence-corrected chi connectivity index (χ0v) is 8.13. The molecule has 0 bridgehead atoms. The number of carbonyl (C=O) groups is 1. The molecule has 1 nitrogen and oxygen atoms in total. The van der Waals surface area contributed by atoms with Crippen LogP contribution >= 0.6 is 0 Å². The summed E-state index contributed by atoms with van der Waals surface area (Å²) in [6, 6.07) is 3.83. The minimum Gasteiger partial charge on any atom is -0.298 e. The van der Waals surface area contributed by atoms with E-state index in [4.69, 9.17) is 0 Å². The maximum Gasteiger partial charge on any atom is 0.150 e. The largest absolute Gasteiger partial charge is 0.298 e. The molecule has 0 heterocycles. The van der Waals surface area contributed by atoms with E-state index in [1.165, 1.54) is 16.7 Å². The lowest BCUT2D eigenvalue weighted by Crippen LogP contribution is -1.94. The van der Waals surface area contributed by atoms with E-state index in [1.807, 2.05) is 32.1 Å². The number of hydrogen-bond acceptors (Lipinski definition) is 1. The monoisotopic (exact) mass is 174 g/mol. The predicted molar refractivity (Wildman–Crippen MR) is 55.2 cm³/mol. The second-order valence-corrected chi connectivity index (χ2v) is 3.24. The van der Waals surface area contributed by atoms with Crippen LogP contribution in [-0.4, -0.2) is 6.29 Å². The topological polar surface area (TPSA) is 17.1 Å². The summed E-state index contributed by atoms with van der Waals surface area (Å²) in [4.78, 5) is 10.6. The van der Waals surface area contributed by atoms with Gasteiger partial charge in [0.2, 0.25) is 0 Å². The molecule has 0 radical (unpaired) electrons. The van der Waals surface area contributed by atoms with Gasteiger partial charge in [0, 0.05) is 5.56 Å². The zero-order valence-electron chi connectivity index (χ0n) is 8.13. The van der Waals surface area contributed by atoms with E-state index in [9.17, 15) is 4.79 Å². The van der Waals surface area contributed by atoms with Gasteiger partial charge in [0.05, 0.1) is 0 Å². The van der Waals surface area contributed by atoms with E-state index < -0.39 is 0 Å². The van der Waals surface area contributed by atoms with Gasteiger partial charge < -0.3 is 0 Å². The number of carbonyl (C=O) groups excluding carboxylic acids is 1. The lowest BCUT2D eigenvalue weighted by atomic mass is 9.97. The highest BCUT2D eigenvalue weighted by Crippen LogP contribution is 2.16. The molecule has 0 aliphatic carbocycles. The van der Waals surface area contributed by atoms with Gasteiger partial charge >= 0.3 is 0 Å². The summed E-state index contributed by atoms with van der Waals surface area (Å²) in [7, 11) is 0. The van der Waals surface area contributed by atoms with Crippen LogP contribution in [0.3, 0.4) is 0 Å². The summed E-state index contributed by atoms with van der Waals surface area (Å²) in [5, 5.41) is 0. The second-order valence-electron chi connectivity index (χ2n) is 3.24. The first-order chi connectivity index (χ1) is 6.19. The fourth-order valence-corrected chi connectivity index (χ4v) is 1.56. The van der Waals surface area contributed by atoms with E-state index in [1.54, 1.807) is 0 Å². The maximum absolute atomic E-state index is 10.6. The van der Waals surface area contributed by atoms with Crippen molar-refractivity contribution in [3.05, 3.63) is 47.0 Å². The Bertz CT molecular complexity index is 314. The Morgan fingerprint density at radius 2 is 1.85 bits per heavy atom. The molecule has 13 heavy (non-hydrogen) atoms. The van der Waals surface area contributed by atoms with Crippen molar-refractivity contribution in [2.75, 3.05) is 0 Å². The van der Waals surface area contributed by atoms with Crippen LogP contribution in [0.1, 0.15) is 27.0 Å². The van der Waals surface area contributed by atoms with Crippen LogP contribution < -0.4 is 0 Å². The molecule has 0 aliphatic rings. The minimum atomic E-state index is 0.753. The summed E-state index contributed by atoms with van der Waals surface area (Å²) >= 11 is 0. The van der Waals surface area contributed by atoms with Crippen molar-refractivity contribution in [3.63, 3.8) is 0 Å². The molecule has 68 valence electrons. The number of aryl methyl sites for hydroxylation is 2. The maximum atomic E-state index is 10.6. The van der Waals surface area contributed by atoms with Crippen LogP contribution in [0.15, 0.2) is 24.8 Å². The standard InChI is InChI=1S/C12H14O/c1-4-5-12-9(2)6-11(8-13)7-10(12)3/h4,6-8H,1,5H2,2-3H3. The fraction of sp³-hybridized carbons (Fsp3) is 0.250. The highest BCUT2D eigenvalue weighted by atomic mass is 16.1. The first-order valence-electron chi connectivity index (χ1n) is 4.35. The molecule has 0 aromatic heterocycles. The van der Waals surface area contributed by atoms with Crippen LogP contribution in [0, 0.1) is 13.8 Å². The molecule has 1 rings (SSSR count). The van der Waals surface area contributed by atoms with Crippen LogP contribution in [0.25, 0.3) is 0 Å². The molecule has 0 saturated carbocycles. The van der Waals surface area contributed by atoms with Gasteiger partial charge in [-0.3, -0.25) is 4.79 Å². The molecule has 0 atom stereocenters. The molecule has 0 aliphatic heterocycles. The van der Waals surface area contributed by atoms with Gasteiger partial charge in [-0.1, -0.05) is 6.08 Å². The summed E-state index contributed by atoms with van der Waals surface area (Å²) in [5.74, 6) is 0. The van der Waals surface area contributed by atoms with E-state index >= 15 is 0 Å². The van der Waals surface area contributed by atoms with Crippen molar-refractivity contribution in [1.82, 2.24) is 0 Å². The van der Waals surface area contributed by atoms with E-state index in [-0.39, 0.29) is 0 Å². The Kier molecular flexibility index (Phi) is 3.02. The highest BCUT2D eigenvalue weighted by Gasteiger charge is 2.02. The zero-order chi connectivity index (χ0) is 9.84. The van der Waals surface area contributed by atoms with Crippen LogP contribution in [0.5, 0.6) is 0 Å². The molecule has 1 aromatic rings. The molecule has 0 unspecified atom stereocenters. The lowest BCUT2D eigenvalue weighted by Gasteiger charge is -2.08. The third-order valence-electron chi connectivity index (χ3n) is 2.20. The predicted octanol–water partition coefficient (Wildman–Crippen LogP) is 2.84. The first-order valence-corrected chi connectivity index (χ1v) is 4.35. The Morgan fingerprint density at radius 1 is 1.31 bits per heavy atom. The average Bonchev–Trinajstić information content (AvgIpc) is 2.11. The van der Waals surface area contributed by atoms with Crippen molar-refractivity contribution in [2.45, 2.75) is 20.3 Å². The van der Waals surface area contributed by atoms with Gasteiger partial charge in [-0.15, -0.1) is 6.58 Å². The molecule has 1 aromatic carbocycles. The van der Waals surface area contributed by atoms with Crippen LogP contribution in [-0.2, 0) is 6.42 Å². The molecule has 1 heteroatoms. The fourth-order valence-electron chi connectivity index (χ4n) is 1.56. The number of allylic oxidation sites excluding steroid dienone is 1. The second kappa shape index (κ2) is 4.04. The number of rotatable bonds is 3. The Labute approximate surface area is 79.1 Å². The Balaban J connectivity index is 3.21. The van der Waals surface area contributed by atoms with Gasteiger partial charge in [-0.25, -0.2) is 0 Å². The van der Waals surface area contributed by atoms with Crippen molar-refractivity contribution in [2.24, 2.45) is 0 Å². The molecule has 0 N–H and O–H groups in total. The smallest absolute Gasteiger partial charge is 0.150 e. The molecular weight excluding hydrogens is 160 g/mol. The van der Waals surface area contributed by atoms with Crippen molar-refractivity contribution >= 4 is 6.29 Å². The lowest BCUT2D eigenvalue weighted by molar-refractivity contribution is 0.112. The first kappa shape index (κ1) is 9.72. The third kappa shape index (κ3) is 2.05. The number of hydrogen-bond donors (Lipinski definition) is 0. The SMILES string of the molecule is C=CCc1c(C)cc(C=O)cc1C. The molecule has 0 amide bonds. The van der Waals surface area contributed by atoms with Crippen LogP contribution in [0.4, 0.5) is 0 Å². The van der Waals surface area contributed by atoms with Gasteiger partial charge in [-0.2, -0.15) is 0 Å². The molecule has 0 spiro atoms. The summed E-state index contributed by atoms with van der Waals surface area (Å²) < 4.78 is 0. The highest BCUT2D eigenvalue weighted by molar-refractivity contribution is 5.76. The van der Waals surface area contributed by atoms with E-state index in [0.717, 1.165) is 18.3 Å². The summed E-state index contributed by atoms with van der Waals surface area (Å²) in [6.07, 6.45) is 3.64. The molecule has 0 saturated heterocycles. The average molecular weight is 174 g/mol. The van der Waals surface area contributed by atoms with Crippen molar-refractivity contribution in [1.29, 1.82) is 0 Å². The minimum absolute atomic E-state index is 0.753. The van der Waals surface area contributed by atoms with E-state index in [2.05, 4.69) is 6.58 Å². The summed E-state index contributed by atoms with van der Waals surface area (Å²) in [5.41, 5.74) is 4.37. The van der Waals surface area contributed by atoms with Crippen molar-refractivity contribution < 1.29 is 4.79 Å². The van der Waals surface area contributed by atoms with Gasteiger partial charge in [0.15, 0.2) is 0 Å². The summed E-state index contributed by atoms with van der Waals surface area (Å²) in [6.45, 7) is 7.76. The Hall–Kier alpha value is -1.37. The van der Waals surface area contributed by atoms with Crippen LogP contribution in [0.2, 0.25) is 0 Å². The van der Waals surface area contributed by atoms with Gasteiger partial charge in [0.25, 0.3) is 0 Å². The van der Waals surface area contributed by atoms with Gasteiger partial charge in [-0.05, 0) is 49.1 Å². The quantitative estimate of drug-likeness (QED) is 0.508. The van der Waals surface area contributed by atoms with Crippen molar-refractivity contribution in [3.8, 4) is 0 Å². The molecule has 0 fully saturated rings.